The van der Waals surface area contributed by atoms with Crippen LogP contribution >= 0.6 is 0 Å². The summed E-state index contributed by atoms with van der Waals surface area (Å²) < 4.78 is 32.6. The van der Waals surface area contributed by atoms with Gasteiger partial charge >= 0.3 is 0 Å². The molecule has 0 radical (unpaired) electrons. The van der Waals surface area contributed by atoms with Crippen LogP contribution in [0, 0.1) is 0 Å². The van der Waals surface area contributed by atoms with E-state index < -0.39 is 16.1 Å². The van der Waals surface area contributed by atoms with E-state index in [1.807, 2.05) is 24.3 Å². The average Bonchev–Trinajstić information content (AvgIpc) is 3.13. The molecule has 1 saturated heterocycles. The van der Waals surface area contributed by atoms with E-state index in [0.29, 0.717) is 25.2 Å². The van der Waals surface area contributed by atoms with Crippen molar-refractivity contribution in [2.75, 3.05) is 18.4 Å². The van der Waals surface area contributed by atoms with Crippen molar-refractivity contribution in [3.05, 3.63) is 54.1 Å². The maximum Gasteiger partial charge on any atom is 0.265 e. The van der Waals surface area contributed by atoms with E-state index in [2.05, 4.69) is 5.32 Å². The Kier molecular flexibility index (Phi) is 4.88. The van der Waals surface area contributed by atoms with E-state index in [0.717, 1.165) is 30.6 Å². The highest BCUT2D eigenvalue weighted by molar-refractivity contribution is 7.89. The van der Waals surface area contributed by atoms with Crippen molar-refractivity contribution < 1.29 is 17.9 Å². The second-order valence-corrected chi connectivity index (χ2v) is 8.83. The van der Waals surface area contributed by atoms with Gasteiger partial charge in [0.2, 0.25) is 10.0 Å². The Hall–Kier alpha value is -2.38. The lowest BCUT2D eigenvalue weighted by Gasteiger charge is -2.25. The molecule has 4 rings (SSSR count). The summed E-state index contributed by atoms with van der Waals surface area (Å²) in [7, 11) is -3.46. The third kappa shape index (κ3) is 3.70. The van der Waals surface area contributed by atoms with Gasteiger partial charge in [-0.05, 0) is 48.7 Å². The summed E-state index contributed by atoms with van der Waals surface area (Å²) >= 11 is 0. The summed E-state index contributed by atoms with van der Waals surface area (Å²) in [6, 6.07) is 13.9. The van der Waals surface area contributed by atoms with Crippen LogP contribution in [0.5, 0.6) is 5.75 Å². The maximum absolute atomic E-state index is 12.7. The summed E-state index contributed by atoms with van der Waals surface area (Å²) in [4.78, 5) is 12.7. The number of amides is 1. The van der Waals surface area contributed by atoms with Gasteiger partial charge in [0.15, 0.2) is 6.10 Å². The molecule has 6 nitrogen and oxygen atoms in total. The first-order valence-electron chi connectivity index (χ1n) is 9.20. The van der Waals surface area contributed by atoms with Gasteiger partial charge in [0, 0.05) is 25.2 Å². The molecule has 1 atom stereocenters. The number of benzene rings is 2. The van der Waals surface area contributed by atoms with E-state index >= 15 is 0 Å². The Morgan fingerprint density at radius 3 is 2.41 bits per heavy atom. The molecule has 2 aromatic rings. The van der Waals surface area contributed by atoms with Crippen molar-refractivity contribution in [1.29, 1.82) is 0 Å². The molecule has 7 heteroatoms. The lowest BCUT2D eigenvalue weighted by atomic mass is 10.1. The number of hydrogen-bond acceptors (Lipinski definition) is 4. The molecule has 0 aliphatic carbocycles. The Balaban J connectivity index is 1.42. The largest absolute Gasteiger partial charge is 0.480 e. The minimum atomic E-state index is -3.46. The Morgan fingerprint density at radius 1 is 1.00 bits per heavy atom. The molecule has 1 fully saturated rings. The Morgan fingerprint density at radius 2 is 1.70 bits per heavy atom. The van der Waals surface area contributed by atoms with Crippen LogP contribution in [0.1, 0.15) is 24.8 Å². The number of sulfonamides is 1. The predicted octanol–water partition coefficient (Wildman–Crippen LogP) is 2.80. The van der Waals surface area contributed by atoms with Crippen LogP contribution in [-0.2, 0) is 21.2 Å². The molecule has 0 unspecified atom stereocenters. The fraction of sp³-hybridized carbons (Fsp3) is 0.350. The molecule has 1 N–H and O–H groups in total. The van der Waals surface area contributed by atoms with E-state index in [1.165, 1.54) is 4.31 Å². The average molecular weight is 386 g/mol. The summed E-state index contributed by atoms with van der Waals surface area (Å²) in [5.74, 6) is 0.499. The predicted molar refractivity (Wildman–Crippen MR) is 102 cm³/mol. The molecule has 0 saturated carbocycles. The molecule has 0 spiro atoms. The number of nitrogens with zero attached hydrogens (tertiary/aromatic N) is 1. The van der Waals surface area contributed by atoms with Crippen molar-refractivity contribution >= 4 is 21.6 Å². The SMILES string of the molecule is O=C(Nc1ccc(S(=O)(=O)N2CCCCC2)cc1)[C@@H]1Cc2ccccc2O1. The highest BCUT2D eigenvalue weighted by Gasteiger charge is 2.29. The normalized spacial score (nSPS) is 19.9. The zero-order valence-electron chi connectivity index (χ0n) is 14.9. The molecular weight excluding hydrogens is 364 g/mol. The molecular formula is C20H22N2O4S. The van der Waals surface area contributed by atoms with Crippen LogP contribution in [0.2, 0.25) is 0 Å². The number of carbonyl (C=O) groups excluding carboxylic acids is 1. The van der Waals surface area contributed by atoms with Gasteiger partial charge in [-0.15, -0.1) is 0 Å². The van der Waals surface area contributed by atoms with Gasteiger partial charge in [-0.3, -0.25) is 4.79 Å². The van der Waals surface area contributed by atoms with Gasteiger partial charge in [-0.1, -0.05) is 24.6 Å². The summed E-state index contributed by atoms with van der Waals surface area (Å²) in [5.41, 5.74) is 1.57. The molecule has 2 aliphatic rings. The third-order valence-corrected chi connectivity index (χ3v) is 6.93. The lowest BCUT2D eigenvalue weighted by molar-refractivity contribution is -0.122. The molecule has 0 bridgehead atoms. The first kappa shape index (κ1) is 18.0. The van der Waals surface area contributed by atoms with Gasteiger partial charge < -0.3 is 10.1 Å². The number of piperidine rings is 1. The van der Waals surface area contributed by atoms with Gasteiger partial charge in [0.05, 0.1) is 4.90 Å². The smallest absolute Gasteiger partial charge is 0.265 e. The fourth-order valence-electron chi connectivity index (χ4n) is 3.52. The number of anilines is 1. The van der Waals surface area contributed by atoms with Crippen LogP contribution in [0.25, 0.3) is 0 Å². The van der Waals surface area contributed by atoms with E-state index in [-0.39, 0.29) is 10.8 Å². The van der Waals surface area contributed by atoms with E-state index in [4.69, 9.17) is 4.74 Å². The molecule has 2 aromatic carbocycles. The highest BCUT2D eigenvalue weighted by atomic mass is 32.2. The van der Waals surface area contributed by atoms with Crippen molar-refractivity contribution in [2.45, 2.75) is 36.7 Å². The topological polar surface area (TPSA) is 75.7 Å². The van der Waals surface area contributed by atoms with Crippen LogP contribution in [0.15, 0.2) is 53.4 Å². The summed E-state index contributed by atoms with van der Waals surface area (Å²) in [5, 5.41) is 2.80. The third-order valence-electron chi connectivity index (χ3n) is 5.01. The van der Waals surface area contributed by atoms with Gasteiger partial charge in [-0.2, -0.15) is 4.31 Å². The molecule has 1 amide bonds. The first-order valence-corrected chi connectivity index (χ1v) is 10.6. The Labute approximate surface area is 159 Å². The molecule has 2 heterocycles. The quantitative estimate of drug-likeness (QED) is 0.877. The molecule has 0 aromatic heterocycles. The number of para-hydroxylation sites is 1. The molecule has 27 heavy (non-hydrogen) atoms. The van der Waals surface area contributed by atoms with Gasteiger partial charge in [0.1, 0.15) is 5.75 Å². The van der Waals surface area contributed by atoms with Crippen LogP contribution in [0.4, 0.5) is 5.69 Å². The van der Waals surface area contributed by atoms with Crippen molar-refractivity contribution in [3.8, 4) is 5.75 Å². The van der Waals surface area contributed by atoms with E-state index in [1.54, 1.807) is 24.3 Å². The second kappa shape index (κ2) is 7.32. The van der Waals surface area contributed by atoms with Crippen molar-refractivity contribution in [1.82, 2.24) is 4.31 Å². The molecule has 2 aliphatic heterocycles. The number of ether oxygens (including phenoxy) is 1. The monoisotopic (exact) mass is 386 g/mol. The van der Waals surface area contributed by atoms with Crippen LogP contribution < -0.4 is 10.1 Å². The van der Waals surface area contributed by atoms with Crippen molar-refractivity contribution in [3.63, 3.8) is 0 Å². The lowest BCUT2D eigenvalue weighted by Crippen LogP contribution is -2.35. The minimum Gasteiger partial charge on any atom is -0.480 e. The zero-order valence-corrected chi connectivity index (χ0v) is 15.7. The first-order chi connectivity index (χ1) is 13.0. The Bertz CT molecular complexity index is 910. The number of nitrogens with one attached hydrogen (secondary N) is 1. The van der Waals surface area contributed by atoms with E-state index in [9.17, 15) is 13.2 Å². The van der Waals surface area contributed by atoms with Gasteiger partial charge in [0.25, 0.3) is 5.91 Å². The summed E-state index contributed by atoms with van der Waals surface area (Å²) in [6.45, 7) is 1.14. The second-order valence-electron chi connectivity index (χ2n) is 6.90. The number of rotatable bonds is 4. The van der Waals surface area contributed by atoms with Gasteiger partial charge in [-0.25, -0.2) is 8.42 Å². The van der Waals surface area contributed by atoms with Crippen LogP contribution in [0.3, 0.4) is 0 Å². The summed E-state index contributed by atoms with van der Waals surface area (Å²) in [6.07, 6.45) is 2.83. The number of carbonyl (C=O) groups is 1. The molecule has 142 valence electrons. The zero-order chi connectivity index (χ0) is 18.9. The highest BCUT2D eigenvalue weighted by Crippen LogP contribution is 2.29. The number of hydrogen-bond donors (Lipinski definition) is 1. The standard InChI is InChI=1S/C20H22N2O4S/c23-20(19-14-15-6-2-3-7-18(15)26-19)21-16-8-10-17(11-9-16)27(24,25)22-12-4-1-5-13-22/h2-3,6-11,19H,1,4-5,12-14H2,(H,21,23)/t19-/m0/s1. The van der Waals surface area contributed by atoms with Crippen molar-refractivity contribution in [2.24, 2.45) is 0 Å². The number of fused-ring (bicyclic) bond motifs is 1. The minimum absolute atomic E-state index is 0.238. The fourth-order valence-corrected chi connectivity index (χ4v) is 5.03. The van der Waals surface area contributed by atoms with Crippen LogP contribution in [-0.4, -0.2) is 37.8 Å². The maximum atomic E-state index is 12.7.